The van der Waals surface area contributed by atoms with Crippen LogP contribution in [-0.4, -0.2) is 13.1 Å². The Hall–Kier alpha value is -2.03. The first-order chi connectivity index (χ1) is 9.60. The van der Waals surface area contributed by atoms with Crippen LogP contribution in [0.3, 0.4) is 0 Å². The Kier molecular flexibility index (Phi) is 4.28. The lowest BCUT2D eigenvalue weighted by Crippen LogP contribution is -2.21. The molecule has 0 radical (unpaired) electrons. The van der Waals surface area contributed by atoms with Crippen molar-refractivity contribution in [2.45, 2.75) is 27.7 Å². The maximum Gasteiger partial charge on any atom is 0.343 e. The van der Waals surface area contributed by atoms with Gasteiger partial charge in [-0.25, -0.2) is 4.79 Å². The lowest BCUT2D eigenvalue weighted by molar-refractivity contribution is 0.558. The molecule has 20 heavy (non-hydrogen) atoms. The van der Waals surface area contributed by atoms with Crippen LogP contribution >= 0.6 is 0 Å². The normalized spacial score (nSPS) is 11.9. The number of hydrogen-bond donors (Lipinski definition) is 0. The second kappa shape index (κ2) is 5.95. The molecule has 1 aromatic carbocycles. The molecule has 2 aromatic rings. The summed E-state index contributed by atoms with van der Waals surface area (Å²) < 4.78 is 5.47. The van der Waals surface area contributed by atoms with Gasteiger partial charge >= 0.3 is 5.63 Å². The molecular weight excluding hydrogens is 250 g/mol. The average molecular weight is 271 g/mol. The lowest BCUT2D eigenvalue weighted by atomic mass is 10.1. The number of fused-ring (bicyclic) bond motifs is 1. The van der Waals surface area contributed by atoms with Gasteiger partial charge in [0.15, 0.2) is 0 Å². The van der Waals surface area contributed by atoms with E-state index in [1.807, 2.05) is 38.1 Å². The predicted molar refractivity (Wildman–Crippen MR) is 85.4 cm³/mol. The molecule has 106 valence electrons. The number of benzene rings is 1. The SMILES string of the molecule is CC=C(C)c1cc2ccc(N(CC)CC)cc2oc1=O. The maximum absolute atomic E-state index is 12.0. The first-order valence-corrected chi connectivity index (χ1v) is 7.06. The van der Waals surface area contributed by atoms with Crippen molar-refractivity contribution in [2.75, 3.05) is 18.0 Å². The molecule has 0 unspecified atom stereocenters. The summed E-state index contributed by atoms with van der Waals surface area (Å²) in [5.41, 5.74) is 3.03. The van der Waals surface area contributed by atoms with Crippen LogP contribution in [0, 0.1) is 0 Å². The highest BCUT2D eigenvalue weighted by atomic mass is 16.4. The zero-order valence-electron chi connectivity index (χ0n) is 12.6. The third-order valence-electron chi connectivity index (χ3n) is 3.71. The monoisotopic (exact) mass is 271 g/mol. The van der Waals surface area contributed by atoms with Gasteiger partial charge in [-0.15, -0.1) is 0 Å². The van der Waals surface area contributed by atoms with Gasteiger partial charge in [0.2, 0.25) is 0 Å². The molecule has 3 nitrogen and oxygen atoms in total. The van der Waals surface area contributed by atoms with Gasteiger partial charge in [0, 0.05) is 30.2 Å². The van der Waals surface area contributed by atoms with Crippen LogP contribution < -0.4 is 10.5 Å². The fourth-order valence-electron chi connectivity index (χ4n) is 2.32. The molecule has 0 aliphatic heterocycles. The molecular formula is C17H21NO2. The van der Waals surface area contributed by atoms with E-state index in [2.05, 4.69) is 24.8 Å². The predicted octanol–water partition coefficient (Wildman–Crippen LogP) is 4.06. The van der Waals surface area contributed by atoms with Crippen LogP contribution in [0.4, 0.5) is 5.69 Å². The maximum atomic E-state index is 12.0. The Morgan fingerprint density at radius 1 is 1.25 bits per heavy atom. The Labute approximate surface area is 119 Å². The fourth-order valence-corrected chi connectivity index (χ4v) is 2.32. The molecule has 0 spiro atoms. The Morgan fingerprint density at radius 2 is 1.95 bits per heavy atom. The molecule has 0 aliphatic rings. The number of rotatable bonds is 4. The molecule has 1 heterocycles. The minimum absolute atomic E-state index is 0.273. The van der Waals surface area contributed by atoms with Crippen molar-refractivity contribution in [3.8, 4) is 0 Å². The molecule has 0 fully saturated rings. The number of hydrogen-bond acceptors (Lipinski definition) is 3. The van der Waals surface area contributed by atoms with Gasteiger partial charge in [-0.05, 0) is 51.5 Å². The second-order valence-corrected chi connectivity index (χ2v) is 4.81. The summed E-state index contributed by atoms with van der Waals surface area (Å²) in [4.78, 5) is 14.3. The van der Waals surface area contributed by atoms with Gasteiger partial charge in [0.1, 0.15) is 5.58 Å². The minimum Gasteiger partial charge on any atom is -0.422 e. The smallest absolute Gasteiger partial charge is 0.343 e. The summed E-state index contributed by atoms with van der Waals surface area (Å²) in [6.07, 6.45) is 1.92. The Bertz CT molecular complexity index is 694. The lowest BCUT2D eigenvalue weighted by Gasteiger charge is -2.21. The van der Waals surface area contributed by atoms with Crippen LogP contribution in [0.15, 0.2) is 39.6 Å². The Morgan fingerprint density at radius 3 is 2.55 bits per heavy atom. The highest BCUT2D eigenvalue weighted by molar-refractivity contribution is 5.83. The molecule has 0 bridgehead atoms. The molecule has 2 rings (SSSR count). The molecule has 3 heteroatoms. The summed E-state index contributed by atoms with van der Waals surface area (Å²) in [5.74, 6) is 0. The first kappa shape index (κ1) is 14.4. The van der Waals surface area contributed by atoms with E-state index >= 15 is 0 Å². The van der Waals surface area contributed by atoms with Crippen molar-refractivity contribution in [2.24, 2.45) is 0 Å². The summed E-state index contributed by atoms with van der Waals surface area (Å²) in [6.45, 7) is 9.93. The third-order valence-corrected chi connectivity index (χ3v) is 3.71. The summed E-state index contributed by atoms with van der Waals surface area (Å²) in [6, 6.07) is 7.93. The van der Waals surface area contributed by atoms with Gasteiger partial charge < -0.3 is 9.32 Å². The van der Waals surface area contributed by atoms with Crippen molar-refractivity contribution in [3.63, 3.8) is 0 Å². The summed E-state index contributed by atoms with van der Waals surface area (Å²) in [7, 11) is 0. The standard InChI is InChI=1S/C17H21NO2/c1-5-12(4)15-10-13-8-9-14(18(6-2)7-3)11-16(13)20-17(15)19/h5,8-11H,6-7H2,1-4H3. The van der Waals surface area contributed by atoms with E-state index in [-0.39, 0.29) is 5.63 Å². The largest absolute Gasteiger partial charge is 0.422 e. The average Bonchev–Trinajstić information content (AvgIpc) is 2.47. The Balaban J connectivity index is 2.58. The van der Waals surface area contributed by atoms with Gasteiger partial charge in [0.05, 0.1) is 5.56 Å². The van der Waals surface area contributed by atoms with E-state index in [9.17, 15) is 4.79 Å². The number of allylic oxidation sites excluding steroid dienone is 2. The van der Waals surface area contributed by atoms with Crippen molar-refractivity contribution < 1.29 is 4.42 Å². The minimum atomic E-state index is -0.273. The summed E-state index contributed by atoms with van der Waals surface area (Å²) in [5, 5.41) is 0.955. The second-order valence-electron chi connectivity index (χ2n) is 4.81. The van der Waals surface area contributed by atoms with Crippen molar-refractivity contribution in [1.29, 1.82) is 0 Å². The molecule has 0 N–H and O–H groups in total. The quantitative estimate of drug-likeness (QED) is 0.786. The zero-order valence-corrected chi connectivity index (χ0v) is 12.6. The highest BCUT2D eigenvalue weighted by Crippen LogP contribution is 2.23. The van der Waals surface area contributed by atoms with Crippen LogP contribution in [-0.2, 0) is 0 Å². The van der Waals surface area contributed by atoms with Crippen LogP contribution in [0.25, 0.3) is 16.5 Å². The topological polar surface area (TPSA) is 33.5 Å². The van der Waals surface area contributed by atoms with Crippen molar-refractivity contribution in [1.82, 2.24) is 0 Å². The molecule has 1 aromatic heterocycles. The molecule has 0 amide bonds. The van der Waals surface area contributed by atoms with Gasteiger partial charge in [0.25, 0.3) is 0 Å². The highest BCUT2D eigenvalue weighted by Gasteiger charge is 2.09. The molecule has 0 saturated heterocycles. The van der Waals surface area contributed by atoms with Crippen LogP contribution in [0.1, 0.15) is 33.3 Å². The van der Waals surface area contributed by atoms with Gasteiger partial charge in [-0.2, -0.15) is 0 Å². The van der Waals surface area contributed by atoms with E-state index in [1.54, 1.807) is 0 Å². The fraction of sp³-hybridized carbons (Fsp3) is 0.353. The number of nitrogens with zero attached hydrogens (tertiary/aromatic N) is 1. The van der Waals surface area contributed by atoms with Crippen molar-refractivity contribution in [3.05, 3.63) is 46.3 Å². The van der Waals surface area contributed by atoms with E-state index < -0.39 is 0 Å². The first-order valence-electron chi connectivity index (χ1n) is 7.06. The molecule has 0 atom stereocenters. The van der Waals surface area contributed by atoms with E-state index in [0.717, 1.165) is 29.7 Å². The van der Waals surface area contributed by atoms with Crippen LogP contribution in [0.5, 0.6) is 0 Å². The zero-order chi connectivity index (χ0) is 14.7. The van der Waals surface area contributed by atoms with Gasteiger partial charge in [-0.1, -0.05) is 6.08 Å². The number of anilines is 1. The van der Waals surface area contributed by atoms with Crippen molar-refractivity contribution >= 4 is 22.2 Å². The van der Waals surface area contributed by atoms with Gasteiger partial charge in [-0.3, -0.25) is 0 Å². The van der Waals surface area contributed by atoms with E-state index in [0.29, 0.717) is 11.1 Å². The molecule has 0 saturated carbocycles. The summed E-state index contributed by atoms with van der Waals surface area (Å²) >= 11 is 0. The van der Waals surface area contributed by atoms with Crippen LogP contribution in [0.2, 0.25) is 0 Å². The third kappa shape index (κ3) is 2.62. The van der Waals surface area contributed by atoms with E-state index in [1.165, 1.54) is 0 Å². The molecule has 0 aliphatic carbocycles. The van der Waals surface area contributed by atoms with E-state index in [4.69, 9.17) is 4.42 Å².